The van der Waals surface area contributed by atoms with E-state index in [2.05, 4.69) is 9.97 Å². The summed E-state index contributed by atoms with van der Waals surface area (Å²) in [7, 11) is 1.64. The summed E-state index contributed by atoms with van der Waals surface area (Å²) in [6, 6.07) is 1.85. The number of rotatable bonds is 4. The predicted octanol–water partition coefficient (Wildman–Crippen LogP) is 2.63. The summed E-state index contributed by atoms with van der Waals surface area (Å²) in [5, 5.41) is 8.90. The lowest BCUT2D eigenvalue weighted by atomic mass is 10.2. The van der Waals surface area contributed by atoms with Crippen molar-refractivity contribution in [3.8, 4) is 6.07 Å². The van der Waals surface area contributed by atoms with E-state index in [4.69, 9.17) is 16.9 Å². The van der Waals surface area contributed by atoms with Crippen LogP contribution in [0.25, 0.3) is 0 Å². The lowest BCUT2D eigenvalue weighted by Crippen LogP contribution is -2.35. The normalized spacial score (nSPS) is 12.1. The van der Waals surface area contributed by atoms with E-state index in [9.17, 15) is 4.79 Å². The average molecular weight is 281 g/mol. The van der Waals surface area contributed by atoms with E-state index < -0.39 is 0 Å². The predicted molar refractivity (Wildman–Crippen MR) is 72.9 cm³/mol. The molecule has 0 aliphatic heterocycles. The molecule has 0 aliphatic rings. The van der Waals surface area contributed by atoms with Gasteiger partial charge in [-0.05, 0) is 6.92 Å². The van der Waals surface area contributed by atoms with Gasteiger partial charge in [0.25, 0.3) is 5.91 Å². The second kappa shape index (κ2) is 6.48. The fraction of sp³-hybridized carbons (Fsp3) is 0.538. The Kier molecular flexibility index (Phi) is 5.25. The Morgan fingerprint density at radius 1 is 1.53 bits per heavy atom. The first kappa shape index (κ1) is 15.4. The van der Waals surface area contributed by atoms with Crippen LogP contribution < -0.4 is 0 Å². The fourth-order valence-electron chi connectivity index (χ4n) is 1.45. The van der Waals surface area contributed by atoms with Crippen molar-refractivity contribution in [2.45, 2.75) is 39.2 Å². The molecule has 6 heteroatoms. The summed E-state index contributed by atoms with van der Waals surface area (Å²) >= 11 is 5.98. The highest BCUT2D eigenvalue weighted by atomic mass is 35.5. The van der Waals surface area contributed by atoms with Crippen LogP contribution >= 0.6 is 11.6 Å². The number of hydrogen-bond donors (Lipinski definition) is 0. The van der Waals surface area contributed by atoms with Gasteiger partial charge in [-0.1, -0.05) is 25.4 Å². The minimum atomic E-state index is -0.294. The first-order valence-electron chi connectivity index (χ1n) is 6.05. The molecule has 102 valence electrons. The molecule has 1 rings (SSSR count). The van der Waals surface area contributed by atoms with Crippen molar-refractivity contribution in [3.63, 3.8) is 0 Å². The van der Waals surface area contributed by atoms with Crippen molar-refractivity contribution >= 4 is 17.5 Å². The average Bonchev–Trinajstić information content (AvgIpc) is 2.37. The third kappa shape index (κ3) is 3.65. The molecule has 1 aromatic rings. The molecule has 0 saturated heterocycles. The van der Waals surface area contributed by atoms with Gasteiger partial charge in [0.15, 0.2) is 5.69 Å². The minimum Gasteiger partial charge on any atom is -0.337 e. The number of amides is 1. The van der Waals surface area contributed by atoms with Gasteiger partial charge in [0, 0.05) is 19.0 Å². The van der Waals surface area contributed by atoms with E-state index in [1.165, 1.54) is 11.1 Å². The number of halogens is 1. The van der Waals surface area contributed by atoms with E-state index in [-0.39, 0.29) is 35.0 Å². The molecule has 0 N–H and O–H groups in total. The van der Waals surface area contributed by atoms with Gasteiger partial charge in [0.05, 0.1) is 23.7 Å². The minimum absolute atomic E-state index is 0.116. The Hall–Kier alpha value is -1.67. The number of aromatic nitrogens is 2. The molecule has 1 unspecified atom stereocenters. The Balaban J connectivity index is 3.05. The van der Waals surface area contributed by atoms with Crippen LogP contribution in [0.5, 0.6) is 0 Å². The Bertz CT molecular complexity index is 510. The summed E-state index contributed by atoms with van der Waals surface area (Å²) in [4.78, 5) is 22.1. The molecule has 1 amide bonds. The highest BCUT2D eigenvalue weighted by Gasteiger charge is 2.22. The highest BCUT2D eigenvalue weighted by molar-refractivity contribution is 6.33. The number of carbonyl (C=O) groups excluding carboxylic acids is 1. The maximum absolute atomic E-state index is 12.3. The van der Waals surface area contributed by atoms with Crippen molar-refractivity contribution in [2.75, 3.05) is 7.05 Å². The Morgan fingerprint density at radius 2 is 2.16 bits per heavy atom. The van der Waals surface area contributed by atoms with Crippen LogP contribution in [0.2, 0.25) is 5.02 Å². The van der Waals surface area contributed by atoms with Crippen LogP contribution in [0.15, 0.2) is 6.20 Å². The maximum Gasteiger partial charge on any atom is 0.274 e. The van der Waals surface area contributed by atoms with Crippen molar-refractivity contribution in [1.82, 2.24) is 14.9 Å². The van der Waals surface area contributed by atoms with Gasteiger partial charge in [-0.25, -0.2) is 9.97 Å². The Morgan fingerprint density at radius 3 is 2.68 bits per heavy atom. The summed E-state index contributed by atoms with van der Waals surface area (Å²) in [5.74, 6) is 0.400. The smallest absolute Gasteiger partial charge is 0.274 e. The summed E-state index contributed by atoms with van der Waals surface area (Å²) < 4.78 is 0. The third-order valence-electron chi connectivity index (χ3n) is 2.85. The monoisotopic (exact) mass is 280 g/mol. The Labute approximate surface area is 118 Å². The standard InChI is InChI=1S/C13H17ClN4O/c1-8(2)12-16-7-10(14)11(17-12)13(19)18(4)9(3)5-6-15/h7-9H,5H2,1-4H3. The van der Waals surface area contributed by atoms with Crippen LogP contribution in [-0.2, 0) is 0 Å². The molecule has 0 radical (unpaired) electrons. The largest absolute Gasteiger partial charge is 0.337 e. The van der Waals surface area contributed by atoms with Gasteiger partial charge in [-0.2, -0.15) is 5.26 Å². The van der Waals surface area contributed by atoms with E-state index in [0.29, 0.717) is 5.82 Å². The third-order valence-corrected chi connectivity index (χ3v) is 3.13. The van der Waals surface area contributed by atoms with E-state index >= 15 is 0 Å². The first-order valence-corrected chi connectivity index (χ1v) is 6.42. The fourth-order valence-corrected chi connectivity index (χ4v) is 1.62. The van der Waals surface area contributed by atoms with E-state index in [1.54, 1.807) is 14.0 Å². The molecule has 1 heterocycles. The number of nitriles is 1. The molecule has 0 aliphatic carbocycles. The molecule has 1 atom stereocenters. The molecular formula is C13H17ClN4O. The maximum atomic E-state index is 12.3. The van der Waals surface area contributed by atoms with Crippen molar-refractivity contribution in [2.24, 2.45) is 0 Å². The van der Waals surface area contributed by atoms with Gasteiger partial charge >= 0.3 is 0 Å². The van der Waals surface area contributed by atoms with Crippen LogP contribution in [-0.4, -0.2) is 33.9 Å². The van der Waals surface area contributed by atoms with Gasteiger partial charge in [-0.3, -0.25) is 4.79 Å². The number of hydrogen-bond acceptors (Lipinski definition) is 4. The lowest BCUT2D eigenvalue weighted by Gasteiger charge is -2.23. The molecule has 0 bridgehead atoms. The second-order valence-electron chi connectivity index (χ2n) is 4.71. The van der Waals surface area contributed by atoms with Crippen LogP contribution in [0.3, 0.4) is 0 Å². The van der Waals surface area contributed by atoms with Crippen LogP contribution in [0.4, 0.5) is 0 Å². The summed E-state index contributed by atoms with van der Waals surface area (Å²) in [5.41, 5.74) is 0.188. The summed E-state index contributed by atoms with van der Waals surface area (Å²) in [6.07, 6.45) is 1.71. The molecule has 0 spiro atoms. The van der Waals surface area contributed by atoms with E-state index in [0.717, 1.165) is 0 Å². The molecule has 0 fully saturated rings. The zero-order valence-corrected chi connectivity index (χ0v) is 12.3. The quantitative estimate of drug-likeness (QED) is 0.850. The van der Waals surface area contributed by atoms with Gasteiger partial charge in [0.1, 0.15) is 5.82 Å². The van der Waals surface area contributed by atoms with E-state index in [1.807, 2.05) is 19.9 Å². The molecule has 19 heavy (non-hydrogen) atoms. The SMILES string of the molecule is CC(C)c1ncc(Cl)c(C(=O)N(C)C(C)CC#N)n1. The number of nitrogens with zero attached hydrogens (tertiary/aromatic N) is 4. The zero-order valence-electron chi connectivity index (χ0n) is 11.5. The summed E-state index contributed by atoms with van der Waals surface area (Å²) in [6.45, 7) is 5.69. The van der Waals surface area contributed by atoms with Gasteiger partial charge < -0.3 is 4.90 Å². The molecule has 0 saturated carbocycles. The zero-order chi connectivity index (χ0) is 14.6. The van der Waals surface area contributed by atoms with Crippen LogP contribution in [0.1, 0.15) is 49.4 Å². The van der Waals surface area contributed by atoms with Crippen LogP contribution in [0, 0.1) is 11.3 Å². The van der Waals surface area contributed by atoms with Gasteiger partial charge in [-0.15, -0.1) is 0 Å². The highest BCUT2D eigenvalue weighted by Crippen LogP contribution is 2.18. The second-order valence-corrected chi connectivity index (χ2v) is 5.11. The molecule has 1 aromatic heterocycles. The molecule has 0 aromatic carbocycles. The molecular weight excluding hydrogens is 264 g/mol. The van der Waals surface area contributed by atoms with Crippen molar-refractivity contribution in [1.29, 1.82) is 5.26 Å². The topological polar surface area (TPSA) is 69.9 Å². The van der Waals surface area contributed by atoms with Crippen molar-refractivity contribution < 1.29 is 4.79 Å². The lowest BCUT2D eigenvalue weighted by molar-refractivity contribution is 0.0740. The van der Waals surface area contributed by atoms with Crippen molar-refractivity contribution in [3.05, 3.63) is 22.7 Å². The number of carbonyl (C=O) groups is 1. The first-order chi connectivity index (χ1) is 8.88. The molecule has 5 nitrogen and oxygen atoms in total. The van der Waals surface area contributed by atoms with Gasteiger partial charge in [0.2, 0.25) is 0 Å².